The van der Waals surface area contributed by atoms with Gasteiger partial charge in [0, 0.05) is 5.56 Å². The molecule has 0 fully saturated rings. The molecule has 0 aliphatic heterocycles. The summed E-state index contributed by atoms with van der Waals surface area (Å²) in [7, 11) is 0. The summed E-state index contributed by atoms with van der Waals surface area (Å²) in [5.41, 5.74) is 2.91. The molecule has 0 amide bonds. The van der Waals surface area contributed by atoms with Crippen molar-refractivity contribution in [2.45, 2.75) is 33.1 Å². The minimum atomic E-state index is -0.0236. The number of hydrogen-bond donors (Lipinski definition) is 0. The van der Waals surface area contributed by atoms with E-state index in [1.165, 1.54) is 28.4 Å². The summed E-state index contributed by atoms with van der Waals surface area (Å²) in [6.45, 7) is 4.41. The molecule has 0 saturated heterocycles. The molecule has 2 aromatic rings. The van der Waals surface area contributed by atoms with Gasteiger partial charge in [0.2, 0.25) is 0 Å². The molecule has 0 bridgehead atoms. The van der Waals surface area contributed by atoms with E-state index in [1.807, 2.05) is 0 Å². The average Bonchev–Trinajstić information content (AvgIpc) is 2.40. The van der Waals surface area contributed by atoms with Gasteiger partial charge in [-0.05, 0) is 38.0 Å². The molecule has 0 atom stereocenters. The molecule has 94 valence electrons. The molecule has 0 heterocycles. The summed E-state index contributed by atoms with van der Waals surface area (Å²) >= 11 is -0.0236. The highest BCUT2D eigenvalue weighted by atomic mass is 127. The van der Waals surface area contributed by atoms with Crippen LogP contribution in [-0.4, -0.2) is 0 Å². The second kappa shape index (κ2) is 6.93. The van der Waals surface area contributed by atoms with Crippen molar-refractivity contribution in [3.05, 3.63) is 66.8 Å². The fourth-order valence-corrected chi connectivity index (χ4v) is 4.45. The van der Waals surface area contributed by atoms with E-state index in [2.05, 4.69) is 62.4 Å². The molecule has 0 nitrogen and oxygen atoms in total. The quantitative estimate of drug-likeness (QED) is 0.716. The molecule has 2 rings (SSSR count). The Balaban J connectivity index is 2.15. The van der Waals surface area contributed by atoms with Crippen LogP contribution in [0.1, 0.15) is 30.9 Å². The molecular formula is C17H20I+. The van der Waals surface area contributed by atoms with Gasteiger partial charge in [-0.2, -0.15) is 0 Å². The Hall–Kier alpha value is -0.830. The Labute approximate surface area is 121 Å². The largest absolute Gasteiger partial charge is 0.358 e. The van der Waals surface area contributed by atoms with Crippen molar-refractivity contribution >= 4 is 0 Å². The maximum absolute atomic E-state index is 2.32. The van der Waals surface area contributed by atoms with Crippen molar-refractivity contribution in [1.82, 2.24) is 0 Å². The van der Waals surface area contributed by atoms with Crippen LogP contribution in [0.4, 0.5) is 0 Å². The van der Waals surface area contributed by atoms with Crippen LogP contribution >= 0.6 is 0 Å². The van der Waals surface area contributed by atoms with Crippen LogP contribution in [0.5, 0.6) is 0 Å². The number of rotatable bonds is 5. The first-order chi connectivity index (χ1) is 8.79. The van der Waals surface area contributed by atoms with Gasteiger partial charge in [-0.25, -0.2) is 0 Å². The Morgan fingerprint density at radius 2 is 1.67 bits per heavy atom. The van der Waals surface area contributed by atoms with E-state index >= 15 is 0 Å². The number of aryl methyl sites for hydroxylation is 2. The summed E-state index contributed by atoms with van der Waals surface area (Å²) in [4.78, 5) is 0. The third-order valence-electron chi connectivity index (χ3n) is 2.98. The molecule has 0 spiro atoms. The Morgan fingerprint density at radius 1 is 0.944 bits per heavy atom. The Kier molecular flexibility index (Phi) is 5.24. The lowest BCUT2D eigenvalue weighted by atomic mass is 10.1. The third-order valence-corrected chi connectivity index (χ3v) is 5.95. The predicted octanol–water partition coefficient (Wildman–Crippen LogP) is 1.47. The highest BCUT2D eigenvalue weighted by Gasteiger charge is 2.18. The van der Waals surface area contributed by atoms with Gasteiger partial charge in [0.25, 0.3) is 0 Å². The van der Waals surface area contributed by atoms with Gasteiger partial charge < -0.3 is 0 Å². The smallest absolute Gasteiger partial charge is 0.0654 e. The van der Waals surface area contributed by atoms with Crippen LogP contribution in [0.15, 0.2) is 48.5 Å². The van der Waals surface area contributed by atoms with E-state index < -0.39 is 0 Å². The second-order valence-corrected chi connectivity index (χ2v) is 7.53. The highest BCUT2D eigenvalue weighted by molar-refractivity contribution is 5.15. The minimum Gasteiger partial charge on any atom is -0.0654 e. The summed E-state index contributed by atoms with van der Waals surface area (Å²) in [5, 5.41) is 0. The number of benzene rings is 2. The van der Waals surface area contributed by atoms with E-state index in [9.17, 15) is 0 Å². The fraction of sp³-hybridized carbons (Fsp3) is 0.294. The van der Waals surface area contributed by atoms with Gasteiger partial charge in [0.1, 0.15) is 0 Å². The minimum absolute atomic E-state index is 0.0236. The van der Waals surface area contributed by atoms with Gasteiger partial charge >= 0.3 is 21.2 Å². The van der Waals surface area contributed by atoms with Crippen LogP contribution in [0.2, 0.25) is 0 Å². The topological polar surface area (TPSA) is 0 Å². The van der Waals surface area contributed by atoms with Crippen LogP contribution in [0, 0.1) is 14.1 Å². The van der Waals surface area contributed by atoms with Crippen LogP contribution in [0.3, 0.4) is 0 Å². The number of hydrogen-bond acceptors (Lipinski definition) is 0. The summed E-state index contributed by atoms with van der Waals surface area (Å²) in [6.07, 6.45) is 3.81. The molecule has 0 saturated carbocycles. The summed E-state index contributed by atoms with van der Waals surface area (Å²) in [6, 6.07) is 18.0. The molecule has 0 aliphatic carbocycles. The molecule has 0 aromatic heterocycles. The number of unbranched alkanes of at least 4 members (excludes halogenated alkanes) is 1. The van der Waals surface area contributed by atoms with Crippen molar-refractivity contribution in [3.8, 4) is 0 Å². The molecule has 18 heavy (non-hydrogen) atoms. The SMILES string of the molecule is CCCCc1ccccc1[I+]c1ccc(C)cc1. The molecule has 1 heteroatoms. The van der Waals surface area contributed by atoms with Gasteiger partial charge in [0.15, 0.2) is 7.14 Å². The van der Waals surface area contributed by atoms with E-state index in [0.29, 0.717) is 0 Å². The zero-order valence-electron chi connectivity index (χ0n) is 11.1. The first-order valence-corrected chi connectivity index (χ1v) is 8.74. The van der Waals surface area contributed by atoms with Crippen molar-refractivity contribution in [1.29, 1.82) is 0 Å². The molecule has 0 unspecified atom stereocenters. The highest BCUT2D eigenvalue weighted by Crippen LogP contribution is 2.04. The van der Waals surface area contributed by atoms with Gasteiger partial charge in [-0.1, -0.05) is 49.2 Å². The van der Waals surface area contributed by atoms with Gasteiger partial charge in [-0.15, -0.1) is 0 Å². The van der Waals surface area contributed by atoms with E-state index in [0.717, 1.165) is 0 Å². The molecule has 0 N–H and O–H groups in total. The zero-order chi connectivity index (χ0) is 12.8. The molecule has 2 aromatic carbocycles. The van der Waals surface area contributed by atoms with Crippen molar-refractivity contribution in [3.63, 3.8) is 0 Å². The number of halogens is 1. The summed E-state index contributed by atoms with van der Waals surface area (Å²) < 4.78 is 3.11. The molecule has 0 aliphatic rings. The molecular weight excluding hydrogens is 331 g/mol. The maximum Gasteiger partial charge on any atom is 0.358 e. The van der Waals surface area contributed by atoms with E-state index in [4.69, 9.17) is 0 Å². The average molecular weight is 351 g/mol. The maximum atomic E-state index is 2.32. The summed E-state index contributed by atoms with van der Waals surface area (Å²) in [5.74, 6) is 0. The standard InChI is InChI=1S/C17H20I/c1-3-4-7-15-8-5-6-9-17(15)18-16-12-10-14(2)11-13-16/h5-6,8-13H,3-4,7H2,1-2H3/q+1. The normalized spacial score (nSPS) is 10.6. The van der Waals surface area contributed by atoms with Crippen molar-refractivity contribution in [2.75, 3.05) is 0 Å². The van der Waals surface area contributed by atoms with Crippen molar-refractivity contribution in [2.24, 2.45) is 0 Å². The second-order valence-electron chi connectivity index (χ2n) is 4.59. The first-order valence-electron chi connectivity index (χ1n) is 6.59. The lowest BCUT2D eigenvalue weighted by Crippen LogP contribution is -3.61. The monoisotopic (exact) mass is 351 g/mol. The molecule has 0 radical (unpaired) electrons. The fourth-order valence-electron chi connectivity index (χ4n) is 1.87. The Morgan fingerprint density at radius 3 is 2.39 bits per heavy atom. The van der Waals surface area contributed by atoms with Gasteiger partial charge in [-0.3, -0.25) is 0 Å². The first kappa shape index (κ1) is 13.6. The van der Waals surface area contributed by atoms with Crippen LogP contribution in [-0.2, 0) is 6.42 Å². The van der Waals surface area contributed by atoms with E-state index in [1.54, 1.807) is 9.13 Å². The third kappa shape index (κ3) is 3.84. The Bertz CT molecular complexity index is 485. The lowest BCUT2D eigenvalue weighted by molar-refractivity contribution is -0.598. The van der Waals surface area contributed by atoms with Crippen molar-refractivity contribution < 1.29 is 21.2 Å². The van der Waals surface area contributed by atoms with E-state index in [-0.39, 0.29) is 21.2 Å². The predicted molar refractivity (Wildman–Crippen MR) is 73.6 cm³/mol. The zero-order valence-corrected chi connectivity index (χ0v) is 13.3. The van der Waals surface area contributed by atoms with Gasteiger partial charge in [0.05, 0.1) is 0 Å². The van der Waals surface area contributed by atoms with Crippen LogP contribution in [0.25, 0.3) is 0 Å². The van der Waals surface area contributed by atoms with Crippen LogP contribution < -0.4 is 21.2 Å². The lowest BCUT2D eigenvalue weighted by Gasteiger charge is -1.99.